The first kappa shape index (κ1) is 15.5. The Hall–Kier alpha value is -1.88. The number of carbonyl (C=O) groups is 2. The van der Waals surface area contributed by atoms with Crippen LogP contribution in [0.4, 0.5) is 0 Å². The summed E-state index contributed by atoms with van der Waals surface area (Å²) in [7, 11) is 1.59. The average molecular weight is 290 g/mol. The van der Waals surface area contributed by atoms with Crippen molar-refractivity contribution in [2.45, 2.75) is 31.7 Å². The van der Waals surface area contributed by atoms with Gasteiger partial charge in [-0.05, 0) is 37.1 Å². The van der Waals surface area contributed by atoms with E-state index in [0.717, 1.165) is 18.7 Å². The van der Waals surface area contributed by atoms with Crippen molar-refractivity contribution >= 4 is 11.7 Å². The number of carbonyl (C=O) groups excluding carboxylic acids is 2. The van der Waals surface area contributed by atoms with Gasteiger partial charge in [-0.15, -0.1) is 0 Å². The minimum atomic E-state index is 0.0589. The van der Waals surface area contributed by atoms with Crippen LogP contribution in [0.1, 0.15) is 36.0 Å². The monoisotopic (exact) mass is 290 g/mol. The Morgan fingerprint density at radius 3 is 2.57 bits per heavy atom. The van der Waals surface area contributed by atoms with Gasteiger partial charge >= 0.3 is 0 Å². The van der Waals surface area contributed by atoms with Gasteiger partial charge in [0.15, 0.2) is 5.78 Å². The van der Waals surface area contributed by atoms with Crippen LogP contribution < -0.4 is 10.5 Å². The molecule has 1 amide bonds. The number of ether oxygens (including phenoxy) is 1. The van der Waals surface area contributed by atoms with Crippen LogP contribution in [-0.4, -0.2) is 42.8 Å². The molecule has 0 spiro atoms. The first-order valence-corrected chi connectivity index (χ1v) is 7.30. The molecular formula is C16H22N2O3. The SMILES string of the molecule is COc1ccc(C(=O)CCCC(=O)N2CC[C@@H](N)C2)cc1. The van der Waals surface area contributed by atoms with E-state index in [0.29, 0.717) is 31.4 Å². The van der Waals surface area contributed by atoms with E-state index in [2.05, 4.69) is 0 Å². The van der Waals surface area contributed by atoms with Crippen LogP contribution in [0.5, 0.6) is 5.75 Å². The standard InChI is InChI=1S/C16H22N2O3/c1-21-14-7-5-12(6-8-14)15(19)3-2-4-16(20)18-10-9-13(17)11-18/h5-8,13H,2-4,9-11,17H2,1H3/t13-/m1/s1. The van der Waals surface area contributed by atoms with Crippen molar-refractivity contribution in [2.24, 2.45) is 5.73 Å². The van der Waals surface area contributed by atoms with Crippen LogP contribution in [-0.2, 0) is 4.79 Å². The molecule has 21 heavy (non-hydrogen) atoms. The third-order valence-electron chi connectivity index (χ3n) is 3.78. The van der Waals surface area contributed by atoms with Crippen molar-refractivity contribution in [2.75, 3.05) is 20.2 Å². The van der Waals surface area contributed by atoms with Gasteiger partial charge in [0.1, 0.15) is 5.75 Å². The van der Waals surface area contributed by atoms with Gasteiger partial charge in [-0.25, -0.2) is 0 Å². The molecule has 2 N–H and O–H groups in total. The number of methoxy groups -OCH3 is 1. The summed E-state index contributed by atoms with van der Waals surface area (Å²) in [5, 5.41) is 0. The van der Waals surface area contributed by atoms with E-state index in [4.69, 9.17) is 10.5 Å². The molecule has 1 atom stereocenters. The van der Waals surface area contributed by atoms with Gasteiger partial charge in [0.05, 0.1) is 7.11 Å². The second-order valence-electron chi connectivity index (χ2n) is 5.39. The highest BCUT2D eigenvalue weighted by molar-refractivity contribution is 5.96. The van der Waals surface area contributed by atoms with E-state index >= 15 is 0 Å². The third-order valence-corrected chi connectivity index (χ3v) is 3.78. The molecule has 114 valence electrons. The Bertz CT molecular complexity index is 499. The number of hydrogen-bond donors (Lipinski definition) is 1. The van der Waals surface area contributed by atoms with E-state index in [1.54, 1.807) is 36.3 Å². The highest BCUT2D eigenvalue weighted by Crippen LogP contribution is 2.15. The van der Waals surface area contributed by atoms with Gasteiger partial charge in [0, 0.05) is 37.5 Å². The van der Waals surface area contributed by atoms with E-state index in [9.17, 15) is 9.59 Å². The van der Waals surface area contributed by atoms with Crippen molar-refractivity contribution in [3.63, 3.8) is 0 Å². The Labute approximate surface area is 125 Å². The maximum absolute atomic E-state index is 12.0. The van der Waals surface area contributed by atoms with Crippen molar-refractivity contribution in [3.05, 3.63) is 29.8 Å². The van der Waals surface area contributed by atoms with Crippen LogP contribution >= 0.6 is 0 Å². The van der Waals surface area contributed by atoms with Gasteiger partial charge in [0.2, 0.25) is 5.91 Å². The van der Waals surface area contributed by atoms with E-state index in [1.807, 2.05) is 0 Å². The molecule has 0 unspecified atom stereocenters. The van der Waals surface area contributed by atoms with Gasteiger partial charge in [-0.2, -0.15) is 0 Å². The Kier molecular flexibility index (Phi) is 5.33. The molecule has 0 saturated carbocycles. The molecule has 2 rings (SSSR count). The van der Waals surface area contributed by atoms with Crippen molar-refractivity contribution in [1.29, 1.82) is 0 Å². The fourth-order valence-electron chi connectivity index (χ4n) is 2.49. The number of Topliss-reactive ketones (excluding diaryl/α,β-unsaturated/α-hetero) is 1. The summed E-state index contributed by atoms with van der Waals surface area (Å²) in [6.45, 7) is 1.39. The molecule has 1 heterocycles. The minimum Gasteiger partial charge on any atom is -0.497 e. The summed E-state index contributed by atoms with van der Waals surface area (Å²) in [6.07, 6.45) is 2.25. The van der Waals surface area contributed by atoms with Gasteiger partial charge < -0.3 is 15.4 Å². The molecule has 1 fully saturated rings. The third kappa shape index (κ3) is 4.29. The first-order chi connectivity index (χ1) is 10.1. The predicted octanol–water partition coefficient (Wildman–Crippen LogP) is 1.61. The zero-order valence-electron chi connectivity index (χ0n) is 12.4. The van der Waals surface area contributed by atoms with E-state index in [-0.39, 0.29) is 17.7 Å². The smallest absolute Gasteiger partial charge is 0.222 e. The zero-order valence-corrected chi connectivity index (χ0v) is 12.4. The number of benzene rings is 1. The lowest BCUT2D eigenvalue weighted by molar-refractivity contribution is -0.130. The lowest BCUT2D eigenvalue weighted by atomic mass is 10.1. The summed E-state index contributed by atoms with van der Waals surface area (Å²) < 4.78 is 5.06. The Morgan fingerprint density at radius 2 is 2.00 bits per heavy atom. The van der Waals surface area contributed by atoms with Crippen molar-refractivity contribution in [3.8, 4) is 5.75 Å². The molecule has 5 nitrogen and oxygen atoms in total. The Balaban J connectivity index is 1.74. The first-order valence-electron chi connectivity index (χ1n) is 7.30. The summed E-state index contributed by atoms with van der Waals surface area (Å²) in [4.78, 5) is 25.7. The summed E-state index contributed by atoms with van der Waals surface area (Å²) in [5.74, 6) is 0.890. The lowest BCUT2D eigenvalue weighted by Crippen LogP contribution is -2.31. The zero-order chi connectivity index (χ0) is 15.2. The number of nitrogens with two attached hydrogens (primary N) is 1. The maximum atomic E-state index is 12.0. The summed E-state index contributed by atoms with van der Waals surface area (Å²) >= 11 is 0. The molecule has 1 saturated heterocycles. The highest BCUT2D eigenvalue weighted by atomic mass is 16.5. The van der Waals surface area contributed by atoms with Gasteiger partial charge in [0.25, 0.3) is 0 Å². The van der Waals surface area contributed by atoms with Gasteiger partial charge in [-0.1, -0.05) is 0 Å². The number of ketones is 1. The largest absolute Gasteiger partial charge is 0.497 e. The van der Waals surface area contributed by atoms with Crippen LogP contribution in [0, 0.1) is 0 Å². The summed E-state index contributed by atoms with van der Waals surface area (Å²) in [6, 6.07) is 7.15. The molecule has 0 bridgehead atoms. The van der Waals surface area contributed by atoms with Crippen LogP contribution in [0.25, 0.3) is 0 Å². The highest BCUT2D eigenvalue weighted by Gasteiger charge is 2.23. The fraction of sp³-hybridized carbons (Fsp3) is 0.500. The van der Waals surface area contributed by atoms with Gasteiger partial charge in [-0.3, -0.25) is 9.59 Å². The summed E-state index contributed by atoms with van der Waals surface area (Å²) in [5.41, 5.74) is 6.44. The van der Waals surface area contributed by atoms with Crippen molar-refractivity contribution in [1.82, 2.24) is 4.90 Å². The maximum Gasteiger partial charge on any atom is 0.222 e. The average Bonchev–Trinajstić information content (AvgIpc) is 2.94. The number of likely N-dealkylation sites (tertiary alicyclic amines) is 1. The van der Waals surface area contributed by atoms with E-state index in [1.165, 1.54) is 0 Å². The number of nitrogens with zero attached hydrogens (tertiary/aromatic N) is 1. The fourth-order valence-corrected chi connectivity index (χ4v) is 2.49. The quantitative estimate of drug-likeness (QED) is 0.808. The van der Waals surface area contributed by atoms with Crippen LogP contribution in [0.2, 0.25) is 0 Å². The molecule has 5 heteroatoms. The molecule has 0 aromatic heterocycles. The number of rotatable bonds is 6. The molecular weight excluding hydrogens is 268 g/mol. The van der Waals surface area contributed by atoms with E-state index < -0.39 is 0 Å². The molecule has 1 aliphatic rings. The number of amides is 1. The molecule has 0 aliphatic carbocycles. The minimum absolute atomic E-state index is 0.0589. The lowest BCUT2D eigenvalue weighted by Gasteiger charge is -2.15. The normalized spacial score (nSPS) is 17.8. The van der Waals surface area contributed by atoms with Crippen LogP contribution in [0.15, 0.2) is 24.3 Å². The topological polar surface area (TPSA) is 72.6 Å². The van der Waals surface area contributed by atoms with Crippen LogP contribution in [0.3, 0.4) is 0 Å². The molecule has 1 aromatic rings. The molecule has 0 radical (unpaired) electrons. The second kappa shape index (κ2) is 7.22. The molecule has 1 aliphatic heterocycles. The molecule has 1 aromatic carbocycles. The number of hydrogen-bond acceptors (Lipinski definition) is 4. The Morgan fingerprint density at radius 1 is 1.29 bits per heavy atom. The van der Waals surface area contributed by atoms with Crippen molar-refractivity contribution < 1.29 is 14.3 Å². The predicted molar refractivity (Wildman–Crippen MR) is 80.3 cm³/mol. The second-order valence-corrected chi connectivity index (χ2v) is 5.39.